The van der Waals surface area contributed by atoms with Gasteiger partial charge in [0.2, 0.25) is 0 Å². The fourth-order valence-corrected chi connectivity index (χ4v) is 4.57. The Balaban J connectivity index is 1.93. The van der Waals surface area contributed by atoms with Gasteiger partial charge in [0.1, 0.15) is 5.75 Å². The number of nitrogens with one attached hydrogen (secondary N) is 2. The van der Waals surface area contributed by atoms with Crippen LogP contribution in [-0.4, -0.2) is 21.4 Å². The highest BCUT2D eigenvalue weighted by molar-refractivity contribution is 7.92. The number of hydrogen-bond donors (Lipinski definition) is 2. The van der Waals surface area contributed by atoms with Gasteiger partial charge in [-0.15, -0.1) is 0 Å². The maximum absolute atomic E-state index is 13.0. The molecule has 2 N–H and O–H groups in total. The third-order valence-corrected chi connectivity index (χ3v) is 6.46. The van der Waals surface area contributed by atoms with Gasteiger partial charge in [0.25, 0.3) is 15.9 Å². The average molecular weight is 479 g/mol. The van der Waals surface area contributed by atoms with Crippen LogP contribution in [-0.2, 0) is 16.4 Å². The molecule has 0 aliphatic heterocycles. The number of anilines is 2. The largest absolute Gasteiger partial charge is 0.495 e. The molecule has 0 aromatic heterocycles. The molecule has 0 spiro atoms. The van der Waals surface area contributed by atoms with Crippen LogP contribution in [0, 0.1) is 0 Å². The Kier molecular flexibility index (Phi) is 7.10. The molecule has 0 saturated carbocycles. The summed E-state index contributed by atoms with van der Waals surface area (Å²) in [6.07, 6.45) is 0.671. The molecule has 31 heavy (non-hydrogen) atoms. The molecule has 0 radical (unpaired) electrons. The lowest BCUT2D eigenvalue weighted by atomic mass is 10.1. The normalized spacial score (nSPS) is 11.1. The zero-order chi connectivity index (χ0) is 22.6. The van der Waals surface area contributed by atoms with E-state index in [0.29, 0.717) is 22.9 Å². The molecule has 162 valence electrons. The van der Waals surface area contributed by atoms with Crippen molar-refractivity contribution in [1.82, 2.24) is 0 Å². The maximum atomic E-state index is 13.0. The van der Waals surface area contributed by atoms with Crippen LogP contribution in [0.2, 0.25) is 10.0 Å². The van der Waals surface area contributed by atoms with Gasteiger partial charge in [-0.25, -0.2) is 8.42 Å². The Bertz CT molecular complexity index is 1230. The van der Waals surface area contributed by atoms with E-state index in [0.717, 1.165) is 5.56 Å². The predicted molar refractivity (Wildman–Crippen MR) is 124 cm³/mol. The molecule has 0 aliphatic carbocycles. The van der Waals surface area contributed by atoms with E-state index in [1.807, 2.05) is 19.1 Å². The van der Waals surface area contributed by atoms with Crippen molar-refractivity contribution < 1.29 is 17.9 Å². The summed E-state index contributed by atoms with van der Waals surface area (Å²) in [7, 11) is -2.49. The first-order valence-electron chi connectivity index (χ1n) is 9.30. The summed E-state index contributed by atoms with van der Waals surface area (Å²) in [6.45, 7) is 1.94. The first kappa shape index (κ1) is 22.9. The number of hydrogen-bond acceptors (Lipinski definition) is 4. The number of carbonyl (C=O) groups excluding carboxylic acids is 1. The molecule has 9 heteroatoms. The molecule has 0 heterocycles. The first-order valence-corrected chi connectivity index (χ1v) is 11.5. The van der Waals surface area contributed by atoms with Crippen LogP contribution in [0.1, 0.15) is 22.8 Å². The van der Waals surface area contributed by atoms with Crippen LogP contribution >= 0.6 is 23.2 Å². The molecular formula is C22H20Cl2N2O4S. The van der Waals surface area contributed by atoms with Crippen LogP contribution < -0.4 is 14.8 Å². The van der Waals surface area contributed by atoms with Gasteiger partial charge in [0, 0.05) is 5.02 Å². The molecule has 3 aromatic carbocycles. The molecule has 0 fully saturated rings. The Morgan fingerprint density at radius 3 is 2.42 bits per heavy atom. The van der Waals surface area contributed by atoms with Crippen molar-refractivity contribution in [2.24, 2.45) is 0 Å². The molecule has 3 rings (SSSR count). The number of sulfonamides is 1. The molecule has 1 amide bonds. The molecule has 0 atom stereocenters. The second kappa shape index (κ2) is 9.60. The first-order chi connectivity index (χ1) is 14.7. The highest BCUT2D eigenvalue weighted by Crippen LogP contribution is 2.30. The summed E-state index contributed by atoms with van der Waals surface area (Å²) in [5.41, 5.74) is 1.74. The summed E-state index contributed by atoms with van der Waals surface area (Å²) in [5, 5.41) is 3.22. The lowest BCUT2D eigenvalue weighted by Crippen LogP contribution is -2.16. The van der Waals surface area contributed by atoms with Crippen LogP contribution in [0.3, 0.4) is 0 Å². The number of halogens is 2. The second-order valence-electron chi connectivity index (χ2n) is 6.56. The lowest BCUT2D eigenvalue weighted by Gasteiger charge is -2.15. The summed E-state index contributed by atoms with van der Waals surface area (Å²) in [4.78, 5) is 12.7. The van der Waals surface area contributed by atoms with Crippen molar-refractivity contribution in [2.45, 2.75) is 18.2 Å². The minimum Gasteiger partial charge on any atom is -0.495 e. The Morgan fingerprint density at radius 2 is 1.74 bits per heavy atom. The number of carbonyl (C=O) groups is 1. The van der Waals surface area contributed by atoms with Crippen LogP contribution in [0.15, 0.2) is 65.6 Å². The van der Waals surface area contributed by atoms with E-state index < -0.39 is 15.9 Å². The molecule has 0 aliphatic rings. The summed E-state index contributed by atoms with van der Waals surface area (Å²) in [5.74, 6) is -0.231. The standard InChI is InChI=1S/C22H20Cl2N2O4S/c1-3-14-6-4-5-7-19(14)26-31(28,29)16-9-11-21(30-2)20(13-16)25-22(27)17-10-8-15(23)12-18(17)24/h4-13,26H,3H2,1-2H3,(H,25,27). The zero-order valence-corrected chi connectivity index (χ0v) is 19.1. The van der Waals surface area contributed by atoms with E-state index >= 15 is 0 Å². The summed E-state index contributed by atoms with van der Waals surface area (Å²) < 4.78 is 33.8. The van der Waals surface area contributed by atoms with Gasteiger partial charge in [-0.2, -0.15) is 0 Å². The van der Waals surface area contributed by atoms with E-state index in [1.54, 1.807) is 12.1 Å². The van der Waals surface area contributed by atoms with Crippen molar-refractivity contribution in [3.63, 3.8) is 0 Å². The Hall–Kier alpha value is -2.74. The number of methoxy groups -OCH3 is 1. The average Bonchev–Trinajstić information content (AvgIpc) is 2.73. The van der Waals surface area contributed by atoms with Crippen molar-refractivity contribution in [1.29, 1.82) is 0 Å². The quantitative estimate of drug-likeness (QED) is 0.461. The highest BCUT2D eigenvalue weighted by Gasteiger charge is 2.20. The second-order valence-corrected chi connectivity index (χ2v) is 9.08. The number of ether oxygens (including phenoxy) is 1. The monoisotopic (exact) mass is 478 g/mol. The predicted octanol–water partition coefficient (Wildman–Crippen LogP) is 5.62. The molecule has 6 nitrogen and oxygen atoms in total. The summed E-state index contributed by atoms with van der Waals surface area (Å²) in [6, 6.07) is 15.8. The summed E-state index contributed by atoms with van der Waals surface area (Å²) >= 11 is 12.0. The Morgan fingerprint density at radius 1 is 1.00 bits per heavy atom. The lowest BCUT2D eigenvalue weighted by molar-refractivity contribution is 0.102. The number of rotatable bonds is 7. The number of aryl methyl sites for hydroxylation is 1. The third kappa shape index (κ3) is 5.31. The number of para-hydroxylation sites is 1. The molecule has 0 saturated heterocycles. The van der Waals surface area contributed by atoms with Crippen molar-refractivity contribution in [3.05, 3.63) is 81.8 Å². The van der Waals surface area contributed by atoms with Crippen LogP contribution in [0.25, 0.3) is 0 Å². The minimum absolute atomic E-state index is 0.0308. The minimum atomic E-state index is -3.91. The molecule has 0 unspecified atom stereocenters. The van der Waals surface area contributed by atoms with Gasteiger partial charge in [0.15, 0.2) is 0 Å². The third-order valence-electron chi connectivity index (χ3n) is 4.55. The van der Waals surface area contributed by atoms with E-state index in [-0.39, 0.29) is 21.2 Å². The van der Waals surface area contributed by atoms with Gasteiger partial charge < -0.3 is 10.1 Å². The van der Waals surface area contributed by atoms with Crippen LogP contribution in [0.5, 0.6) is 5.75 Å². The topological polar surface area (TPSA) is 84.5 Å². The number of amides is 1. The Labute approximate surface area is 191 Å². The smallest absolute Gasteiger partial charge is 0.261 e. The van der Waals surface area contributed by atoms with Crippen molar-refractivity contribution in [3.8, 4) is 5.75 Å². The SMILES string of the molecule is CCc1ccccc1NS(=O)(=O)c1ccc(OC)c(NC(=O)c2ccc(Cl)cc2Cl)c1. The van der Waals surface area contributed by atoms with Crippen LogP contribution in [0.4, 0.5) is 11.4 Å². The molecular weight excluding hydrogens is 459 g/mol. The molecule has 0 bridgehead atoms. The number of benzene rings is 3. The van der Waals surface area contributed by atoms with Gasteiger partial charge in [-0.1, -0.05) is 48.3 Å². The van der Waals surface area contributed by atoms with Gasteiger partial charge in [-0.05, 0) is 54.4 Å². The fraction of sp³-hybridized carbons (Fsp3) is 0.136. The molecule has 3 aromatic rings. The highest BCUT2D eigenvalue weighted by atomic mass is 35.5. The fourth-order valence-electron chi connectivity index (χ4n) is 2.95. The van der Waals surface area contributed by atoms with E-state index in [9.17, 15) is 13.2 Å². The van der Waals surface area contributed by atoms with E-state index in [2.05, 4.69) is 10.0 Å². The van der Waals surface area contributed by atoms with Gasteiger partial charge in [-0.3, -0.25) is 9.52 Å². The van der Waals surface area contributed by atoms with Crippen molar-refractivity contribution >= 4 is 50.5 Å². The van der Waals surface area contributed by atoms with E-state index in [1.165, 1.54) is 43.5 Å². The van der Waals surface area contributed by atoms with Crippen molar-refractivity contribution in [2.75, 3.05) is 17.1 Å². The zero-order valence-electron chi connectivity index (χ0n) is 16.8. The van der Waals surface area contributed by atoms with Gasteiger partial charge >= 0.3 is 0 Å². The van der Waals surface area contributed by atoms with Gasteiger partial charge in [0.05, 0.1) is 34.0 Å². The maximum Gasteiger partial charge on any atom is 0.261 e. The van der Waals surface area contributed by atoms with E-state index in [4.69, 9.17) is 27.9 Å².